The number of carbonyl (C=O) groups excluding carboxylic acids is 3. The fraction of sp³-hybridized carbons (Fsp3) is 0.761. The molecule has 454 valence electrons. The Morgan fingerprint density at radius 1 is 0.430 bits per heavy atom. The second-order valence-corrected chi connectivity index (χ2v) is 21.6. The Bertz CT molecular complexity index is 1650. The number of ether oxygens (including phenoxy) is 5. The number of esters is 3. The van der Waals surface area contributed by atoms with Gasteiger partial charge in [0.2, 0.25) is 0 Å². The molecule has 0 bridgehead atoms. The molecule has 0 amide bonds. The Kier molecular flexibility index (Phi) is 50.7. The minimum absolute atomic E-state index is 0.0396. The summed E-state index contributed by atoms with van der Waals surface area (Å²) in [5.74, 6) is -3.14. The molecule has 1 fully saturated rings. The molecule has 1 heterocycles. The molecular weight excluding hydrogens is 997 g/mol. The lowest BCUT2D eigenvalue weighted by Crippen LogP contribution is -2.61. The van der Waals surface area contributed by atoms with E-state index in [4.69, 9.17) is 23.7 Å². The van der Waals surface area contributed by atoms with Gasteiger partial charge >= 0.3 is 23.9 Å². The topological polar surface area (TPSA) is 175 Å². The lowest BCUT2D eigenvalue weighted by Gasteiger charge is -2.40. The van der Waals surface area contributed by atoms with Crippen molar-refractivity contribution < 1.29 is 58.2 Å². The number of hydrogen-bond acceptors (Lipinski definition) is 11. The van der Waals surface area contributed by atoms with Crippen LogP contribution in [0.5, 0.6) is 0 Å². The summed E-state index contributed by atoms with van der Waals surface area (Å²) in [5.41, 5.74) is 0. The second kappa shape index (κ2) is 54.7. The Balaban J connectivity index is 2.67. The maximum absolute atomic E-state index is 13.2. The molecule has 12 heteroatoms. The summed E-state index contributed by atoms with van der Waals surface area (Å²) < 4.78 is 28.5. The number of hydrogen-bond donors (Lipinski definition) is 3. The van der Waals surface area contributed by atoms with Gasteiger partial charge in [0.25, 0.3) is 0 Å². The van der Waals surface area contributed by atoms with Crippen molar-refractivity contribution >= 4 is 23.9 Å². The average Bonchev–Trinajstić information content (AvgIpc) is 3.46. The molecule has 6 atom stereocenters. The minimum atomic E-state index is -1.91. The lowest BCUT2D eigenvalue weighted by molar-refractivity contribution is -0.301. The van der Waals surface area contributed by atoms with E-state index < -0.39 is 67.3 Å². The number of allylic oxidation sites excluding steroid dienone is 12. The van der Waals surface area contributed by atoms with Gasteiger partial charge in [-0.1, -0.05) is 248 Å². The molecule has 1 rings (SSSR count). The highest BCUT2D eigenvalue weighted by atomic mass is 16.7. The second-order valence-electron chi connectivity index (χ2n) is 21.6. The first kappa shape index (κ1) is 73.2. The highest BCUT2D eigenvalue weighted by Crippen LogP contribution is 2.27. The largest absolute Gasteiger partial charge is 0.479 e. The van der Waals surface area contributed by atoms with Gasteiger partial charge in [0.1, 0.15) is 18.8 Å². The molecular formula is C67H114O12. The van der Waals surface area contributed by atoms with Crippen LogP contribution in [0.3, 0.4) is 0 Å². The zero-order chi connectivity index (χ0) is 57.5. The summed E-state index contributed by atoms with van der Waals surface area (Å²) in [6, 6.07) is 0. The number of carboxylic acids is 1. The Morgan fingerprint density at radius 2 is 0.797 bits per heavy atom. The third-order valence-corrected chi connectivity index (χ3v) is 14.3. The molecule has 1 aliphatic rings. The fourth-order valence-electron chi connectivity index (χ4n) is 9.46. The number of unbranched alkanes of at least 4 members (excludes halogenated alkanes) is 28. The highest BCUT2D eigenvalue weighted by molar-refractivity contribution is 5.74. The minimum Gasteiger partial charge on any atom is -0.479 e. The lowest BCUT2D eigenvalue weighted by atomic mass is 9.98. The van der Waals surface area contributed by atoms with E-state index >= 15 is 0 Å². The predicted molar refractivity (Wildman–Crippen MR) is 322 cm³/mol. The van der Waals surface area contributed by atoms with Gasteiger partial charge in [-0.15, -0.1) is 0 Å². The van der Waals surface area contributed by atoms with Gasteiger partial charge in [-0.05, 0) is 83.5 Å². The zero-order valence-electron chi connectivity index (χ0n) is 50.1. The van der Waals surface area contributed by atoms with Gasteiger partial charge < -0.3 is 39.0 Å². The summed E-state index contributed by atoms with van der Waals surface area (Å²) in [6.45, 7) is 5.79. The van der Waals surface area contributed by atoms with Crippen LogP contribution in [0.2, 0.25) is 0 Å². The Morgan fingerprint density at radius 3 is 1.22 bits per heavy atom. The van der Waals surface area contributed by atoms with Crippen molar-refractivity contribution in [2.75, 3.05) is 13.2 Å². The van der Waals surface area contributed by atoms with Crippen LogP contribution in [-0.2, 0) is 42.9 Å². The van der Waals surface area contributed by atoms with Gasteiger partial charge in [0, 0.05) is 19.3 Å². The number of aliphatic hydroxyl groups is 2. The average molecular weight is 1110 g/mol. The van der Waals surface area contributed by atoms with E-state index in [1.54, 1.807) is 0 Å². The van der Waals surface area contributed by atoms with E-state index in [-0.39, 0.29) is 25.9 Å². The number of aliphatic hydroxyl groups excluding tert-OH is 2. The van der Waals surface area contributed by atoms with Gasteiger partial charge in [-0.3, -0.25) is 14.4 Å². The Hall–Kier alpha value is -3.84. The van der Waals surface area contributed by atoms with Crippen molar-refractivity contribution in [1.82, 2.24) is 0 Å². The van der Waals surface area contributed by atoms with Crippen molar-refractivity contribution in [1.29, 1.82) is 0 Å². The predicted octanol–water partition coefficient (Wildman–Crippen LogP) is 16.9. The molecule has 0 spiro atoms. The van der Waals surface area contributed by atoms with Crippen LogP contribution in [0.1, 0.15) is 278 Å². The SMILES string of the molecule is CC/C=C\C/C=C\C/C=C\CCCCCCCCCC(=O)OCC(COC1OC(C(=O)O)C(O)C(O)C1OC(=O)CCCCCCC/C=C\C/C=C\C/C=C\CC)OC(=O)CCCCCCCCCCCCCCCCCCC. The first-order valence-electron chi connectivity index (χ1n) is 31.9. The highest BCUT2D eigenvalue weighted by Gasteiger charge is 2.50. The van der Waals surface area contributed by atoms with Gasteiger partial charge in [-0.25, -0.2) is 4.79 Å². The number of carbonyl (C=O) groups is 4. The van der Waals surface area contributed by atoms with E-state index in [1.165, 1.54) is 89.9 Å². The molecule has 1 saturated heterocycles. The van der Waals surface area contributed by atoms with Crippen molar-refractivity contribution in [3.63, 3.8) is 0 Å². The third kappa shape index (κ3) is 44.5. The number of carboxylic acid groups (broad SMARTS) is 1. The van der Waals surface area contributed by atoms with Crippen LogP contribution in [-0.4, -0.2) is 89.2 Å². The maximum Gasteiger partial charge on any atom is 0.335 e. The van der Waals surface area contributed by atoms with E-state index in [2.05, 4.69) is 93.7 Å². The van der Waals surface area contributed by atoms with Crippen LogP contribution in [0, 0.1) is 0 Å². The van der Waals surface area contributed by atoms with Crippen LogP contribution in [0.15, 0.2) is 72.9 Å². The Labute approximate surface area is 480 Å². The standard InChI is InChI=1S/C67H114O12/c1-4-7-10-13-16-19-22-25-28-30-33-35-38-41-44-47-50-53-59(68)75-56-58(77-60(69)54-51-48-45-42-39-37-34-31-29-26-23-20-17-14-11-8-5-2)57-76-67-65(63(72)62(71)64(79-67)66(73)74)78-61(70)55-52-49-46-43-40-36-32-27-24-21-18-15-12-9-6-3/h7,9-10,12,16,18-19,21,25,27-28,32,58,62-65,67,71-72H,4-6,8,11,13-15,17,20,22-24,26,29-31,33-57H2,1-3H3,(H,73,74)/b10-7-,12-9-,19-16-,21-18-,28-25-,32-27-. The molecule has 0 saturated carbocycles. The van der Waals surface area contributed by atoms with Crippen LogP contribution in [0.25, 0.3) is 0 Å². The molecule has 0 aromatic carbocycles. The van der Waals surface area contributed by atoms with Gasteiger partial charge in [0.05, 0.1) is 6.61 Å². The molecule has 0 aromatic heterocycles. The normalized spacial score (nSPS) is 18.3. The first-order valence-corrected chi connectivity index (χ1v) is 31.9. The third-order valence-electron chi connectivity index (χ3n) is 14.3. The van der Waals surface area contributed by atoms with Gasteiger partial charge in [0.15, 0.2) is 24.6 Å². The molecule has 0 aromatic rings. The molecule has 0 radical (unpaired) electrons. The maximum atomic E-state index is 13.2. The van der Waals surface area contributed by atoms with E-state index in [9.17, 15) is 34.5 Å². The monoisotopic (exact) mass is 1110 g/mol. The quantitative estimate of drug-likeness (QED) is 0.0228. The number of rotatable bonds is 54. The first-order chi connectivity index (χ1) is 38.6. The van der Waals surface area contributed by atoms with E-state index in [1.807, 2.05) is 0 Å². The molecule has 3 N–H and O–H groups in total. The van der Waals surface area contributed by atoms with Crippen molar-refractivity contribution in [2.45, 2.75) is 314 Å². The van der Waals surface area contributed by atoms with Gasteiger partial charge in [-0.2, -0.15) is 0 Å². The summed E-state index contributed by atoms with van der Waals surface area (Å²) in [7, 11) is 0. The van der Waals surface area contributed by atoms with Crippen molar-refractivity contribution in [2.24, 2.45) is 0 Å². The summed E-state index contributed by atoms with van der Waals surface area (Å²) in [6.07, 6.45) is 57.2. The summed E-state index contributed by atoms with van der Waals surface area (Å²) >= 11 is 0. The van der Waals surface area contributed by atoms with Crippen LogP contribution < -0.4 is 0 Å². The molecule has 1 aliphatic heterocycles. The number of aliphatic carboxylic acids is 1. The van der Waals surface area contributed by atoms with Crippen LogP contribution in [0.4, 0.5) is 0 Å². The summed E-state index contributed by atoms with van der Waals surface area (Å²) in [5, 5.41) is 31.6. The molecule has 6 unspecified atom stereocenters. The van der Waals surface area contributed by atoms with E-state index in [0.29, 0.717) is 19.3 Å². The molecule has 12 nitrogen and oxygen atoms in total. The van der Waals surface area contributed by atoms with E-state index in [0.717, 1.165) is 128 Å². The van der Waals surface area contributed by atoms with Crippen LogP contribution >= 0.6 is 0 Å². The molecule has 79 heavy (non-hydrogen) atoms. The summed E-state index contributed by atoms with van der Waals surface area (Å²) in [4.78, 5) is 51.3. The molecule has 0 aliphatic carbocycles. The van der Waals surface area contributed by atoms with Crippen molar-refractivity contribution in [3.8, 4) is 0 Å². The fourth-order valence-corrected chi connectivity index (χ4v) is 9.46. The zero-order valence-corrected chi connectivity index (χ0v) is 50.1. The smallest absolute Gasteiger partial charge is 0.335 e. The van der Waals surface area contributed by atoms with Crippen molar-refractivity contribution in [3.05, 3.63) is 72.9 Å².